The Morgan fingerprint density at radius 2 is 2.12 bits per heavy atom. The fourth-order valence-corrected chi connectivity index (χ4v) is 1.85. The predicted molar refractivity (Wildman–Crippen MR) is 61.5 cm³/mol. The van der Waals surface area contributed by atoms with Crippen molar-refractivity contribution in [3.8, 4) is 0 Å². The van der Waals surface area contributed by atoms with Crippen LogP contribution >= 0.6 is 0 Å². The highest BCUT2D eigenvalue weighted by atomic mass is 19.1. The summed E-state index contributed by atoms with van der Waals surface area (Å²) in [6.07, 6.45) is 2.33. The third kappa shape index (κ3) is 2.82. The summed E-state index contributed by atoms with van der Waals surface area (Å²) >= 11 is 0. The highest BCUT2D eigenvalue weighted by molar-refractivity contribution is 5.26. The number of halogens is 2. The van der Waals surface area contributed by atoms with Crippen molar-refractivity contribution in [2.45, 2.75) is 25.3 Å². The number of nitrogens with one attached hydrogen (secondary N) is 1. The number of aliphatic hydroxyl groups excluding tert-OH is 1. The lowest BCUT2D eigenvalue weighted by molar-refractivity contribution is 0.169. The smallest absolute Gasteiger partial charge is 0.128 e. The highest BCUT2D eigenvalue weighted by Gasteiger charge is 2.31. The minimum Gasteiger partial charge on any atom is -0.394 e. The summed E-state index contributed by atoms with van der Waals surface area (Å²) in [6.45, 7) is 2.15. The molecule has 0 amide bonds. The lowest BCUT2D eigenvalue weighted by Crippen LogP contribution is -2.44. The third-order valence-electron chi connectivity index (χ3n) is 3.32. The number of aliphatic hydroxyl groups is 1. The molecule has 17 heavy (non-hydrogen) atoms. The average Bonchev–Trinajstić information content (AvgIpc) is 3.13. The normalized spacial score (nSPS) is 19.1. The summed E-state index contributed by atoms with van der Waals surface area (Å²) in [5.41, 5.74) is -0.741. The van der Waals surface area contributed by atoms with Gasteiger partial charge in [-0.2, -0.15) is 0 Å². The van der Waals surface area contributed by atoms with Crippen LogP contribution in [0.2, 0.25) is 0 Å². The maximum Gasteiger partial charge on any atom is 0.128 e. The van der Waals surface area contributed by atoms with Gasteiger partial charge < -0.3 is 10.4 Å². The summed E-state index contributed by atoms with van der Waals surface area (Å²) in [5, 5.41) is 12.6. The van der Waals surface area contributed by atoms with Crippen molar-refractivity contribution in [3.63, 3.8) is 0 Å². The Morgan fingerprint density at radius 1 is 1.41 bits per heavy atom. The second kappa shape index (κ2) is 4.70. The molecule has 1 aliphatic carbocycles. The third-order valence-corrected chi connectivity index (χ3v) is 3.32. The molecule has 1 aromatic carbocycles. The van der Waals surface area contributed by atoms with Gasteiger partial charge in [0.1, 0.15) is 11.6 Å². The largest absolute Gasteiger partial charge is 0.394 e. The fraction of sp³-hybridized carbons (Fsp3) is 0.538. The van der Waals surface area contributed by atoms with Crippen LogP contribution in [0.4, 0.5) is 8.78 Å². The molecule has 0 spiro atoms. The van der Waals surface area contributed by atoms with Crippen LogP contribution in [0.1, 0.15) is 25.3 Å². The molecule has 0 aromatic heterocycles. The Kier molecular flexibility index (Phi) is 3.45. The number of hydrogen-bond acceptors (Lipinski definition) is 2. The zero-order valence-electron chi connectivity index (χ0n) is 9.84. The SMILES string of the molecule is CC(CO)(NCC1CC1)c1cc(F)ccc1F. The van der Waals surface area contributed by atoms with E-state index in [0.29, 0.717) is 5.92 Å². The Hall–Kier alpha value is -1.00. The van der Waals surface area contributed by atoms with Crippen molar-refractivity contribution in [2.24, 2.45) is 5.92 Å². The molecule has 0 aliphatic heterocycles. The Labute approximate surface area is 99.7 Å². The lowest BCUT2D eigenvalue weighted by atomic mass is 9.92. The molecule has 0 bridgehead atoms. The summed E-state index contributed by atoms with van der Waals surface area (Å²) in [4.78, 5) is 0. The van der Waals surface area contributed by atoms with Crippen molar-refractivity contribution < 1.29 is 13.9 Å². The summed E-state index contributed by atoms with van der Waals surface area (Å²) in [6, 6.07) is 3.32. The molecule has 0 saturated heterocycles. The molecule has 2 N–H and O–H groups in total. The van der Waals surface area contributed by atoms with E-state index in [1.165, 1.54) is 12.8 Å². The van der Waals surface area contributed by atoms with Gasteiger partial charge in [0, 0.05) is 5.56 Å². The van der Waals surface area contributed by atoms with Crippen LogP contribution < -0.4 is 5.32 Å². The van der Waals surface area contributed by atoms with Crippen LogP contribution in [0.3, 0.4) is 0 Å². The van der Waals surface area contributed by atoms with Crippen molar-refractivity contribution in [1.29, 1.82) is 0 Å². The van der Waals surface area contributed by atoms with Crippen LogP contribution in [-0.2, 0) is 5.54 Å². The van der Waals surface area contributed by atoms with Crippen molar-refractivity contribution in [1.82, 2.24) is 5.32 Å². The van der Waals surface area contributed by atoms with Gasteiger partial charge >= 0.3 is 0 Å². The molecule has 4 heteroatoms. The van der Waals surface area contributed by atoms with Crippen molar-refractivity contribution >= 4 is 0 Å². The first-order valence-electron chi connectivity index (χ1n) is 5.86. The van der Waals surface area contributed by atoms with E-state index in [1.807, 2.05) is 0 Å². The monoisotopic (exact) mass is 241 g/mol. The van der Waals surface area contributed by atoms with Gasteiger partial charge in [0.15, 0.2) is 0 Å². The van der Waals surface area contributed by atoms with E-state index in [4.69, 9.17) is 0 Å². The standard InChI is InChI=1S/C13H17F2NO/c1-13(8-17,16-7-9-2-3-9)11-6-10(14)4-5-12(11)15/h4-6,9,16-17H,2-3,7-8H2,1H3. The zero-order chi connectivity index (χ0) is 12.5. The molecule has 1 aromatic rings. The summed E-state index contributed by atoms with van der Waals surface area (Å²) in [5.74, 6) is -0.377. The highest BCUT2D eigenvalue weighted by Crippen LogP contribution is 2.30. The number of rotatable bonds is 5. The van der Waals surface area contributed by atoms with Gasteiger partial charge in [-0.1, -0.05) is 0 Å². The number of benzene rings is 1. The summed E-state index contributed by atoms with van der Waals surface area (Å²) < 4.78 is 26.8. The van der Waals surface area contributed by atoms with E-state index in [1.54, 1.807) is 6.92 Å². The van der Waals surface area contributed by atoms with E-state index in [-0.39, 0.29) is 12.2 Å². The molecule has 1 aliphatic rings. The van der Waals surface area contributed by atoms with Crippen LogP contribution in [-0.4, -0.2) is 18.3 Å². The van der Waals surface area contributed by atoms with Crippen LogP contribution in [0.15, 0.2) is 18.2 Å². The molecule has 94 valence electrons. The van der Waals surface area contributed by atoms with E-state index in [0.717, 1.165) is 24.7 Å². The minimum atomic E-state index is -0.922. The van der Waals surface area contributed by atoms with Gasteiger partial charge in [0.2, 0.25) is 0 Å². The minimum absolute atomic E-state index is 0.181. The molecule has 1 unspecified atom stereocenters. The zero-order valence-corrected chi connectivity index (χ0v) is 9.84. The van der Waals surface area contributed by atoms with Crippen LogP contribution in [0.5, 0.6) is 0 Å². The van der Waals surface area contributed by atoms with E-state index in [9.17, 15) is 13.9 Å². The first-order chi connectivity index (χ1) is 8.05. The first kappa shape index (κ1) is 12.5. The molecular formula is C13H17F2NO. The van der Waals surface area contributed by atoms with Gasteiger partial charge in [-0.05, 0) is 50.4 Å². The summed E-state index contributed by atoms with van der Waals surface area (Å²) in [7, 11) is 0. The number of hydrogen-bond donors (Lipinski definition) is 2. The lowest BCUT2D eigenvalue weighted by Gasteiger charge is -2.30. The molecule has 0 heterocycles. The molecule has 1 fully saturated rings. The van der Waals surface area contributed by atoms with Gasteiger partial charge in [-0.3, -0.25) is 0 Å². The maximum absolute atomic E-state index is 13.7. The van der Waals surface area contributed by atoms with E-state index >= 15 is 0 Å². The Morgan fingerprint density at radius 3 is 2.71 bits per heavy atom. The van der Waals surface area contributed by atoms with Gasteiger partial charge in [0.25, 0.3) is 0 Å². The second-order valence-electron chi connectivity index (χ2n) is 4.94. The predicted octanol–water partition coefficient (Wildman–Crippen LogP) is 2.17. The topological polar surface area (TPSA) is 32.3 Å². The average molecular weight is 241 g/mol. The second-order valence-corrected chi connectivity index (χ2v) is 4.94. The first-order valence-corrected chi connectivity index (χ1v) is 5.86. The van der Waals surface area contributed by atoms with Gasteiger partial charge in [0.05, 0.1) is 12.1 Å². The Bertz CT molecular complexity index is 406. The van der Waals surface area contributed by atoms with Crippen LogP contribution in [0.25, 0.3) is 0 Å². The van der Waals surface area contributed by atoms with E-state index < -0.39 is 17.2 Å². The van der Waals surface area contributed by atoms with Crippen molar-refractivity contribution in [3.05, 3.63) is 35.4 Å². The van der Waals surface area contributed by atoms with Crippen LogP contribution in [0, 0.1) is 17.6 Å². The molecule has 0 radical (unpaired) electrons. The van der Waals surface area contributed by atoms with Crippen molar-refractivity contribution in [2.75, 3.05) is 13.2 Å². The molecule has 2 nitrogen and oxygen atoms in total. The molecular weight excluding hydrogens is 224 g/mol. The molecule has 2 rings (SSSR count). The maximum atomic E-state index is 13.7. The van der Waals surface area contributed by atoms with E-state index in [2.05, 4.69) is 5.32 Å². The molecule has 1 saturated carbocycles. The molecule has 1 atom stereocenters. The van der Waals surface area contributed by atoms with Gasteiger partial charge in [-0.15, -0.1) is 0 Å². The Balaban J connectivity index is 2.21. The quantitative estimate of drug-likeness (QED) is 0.828. The van der Waals surface area contributed by atoms with Gasteiger partial charge in [-0.25, -0.2) is 8.78 Å². The fourth-order valence-electron chi connectivity index (χ4n) is 1.85.